The summed E-state index contributed by atoms with van der Waals surface area (Å²) in [5, 5.41) is 6.40. The summed E-state index contributed by atoms with van der Waals surface area (Å²) < 4.78 is 15.7. The molecule has 0 aliphatic rings. The van der Waals surface area contributed by atoms with E-state index in [1.54, 1.807) is 19.3 Å². The van der Waals surface area contributed by atoms with Crippen LogP contribution in [0.1, 0.15) is 0 Å². The number of imidazole rings is 1. The number of nitrogens with one attached hydrogen (secondary N) is 2. The summed E-state index contributed by atoms with van der Waals surface area (Å²) in [6.45, 7) is 0. The summed E-state index contributed by atoms with van der Waals surface area (Å²) in [6.07, 6.45) is 1.71. The van der Waals surface area contributed by atoms with Crippen LogP contribution < -0.4 is 15.5 Å². The summed E-state index contributed by atoms with van der Waals surface area (Å²) in [7, 11) is 5.79. The molecule has 7 heteroatoms. The first-order valence-corrected chi connectivity index (χ1v) is 8.92. The van der Waals surface area contributed by atoms with E-state index in [1.165, 1.54) is 12.1 Å². The third kappa shape index (κ3) is 3.34. The Morgan fingerprint density at radius 3 is 2.61 bits per heavy atom. The molecule has 0 saturated carbocycles. The van der Waals surface area contributed by atoms with Gasteiger partial charge in [0, 0.05) is 38.6 Å². The molecule has 0 unspecified atom stereocenters. The molecule has 6 nitrogen and oxygen atoms in total. The van der Waals surface area contributed by atoms with Gasteiger partial charge in [-0.05, 0) is 36.4 Å². The van der Waals surface area contributed by atoms with Gasteiger partial charge in [-0.1, -0.05) is 12.1 Å². The van der Waals surface area contributed by atoms with Crippen LogP contribution in [0.2, 0.25) is 0 Å². The Kier molecular flexibility index (Phi) is 4.57. The number of benzene rings is 2. The minimum Gasteiger partial charge on any atom is -0.378 e. The van der Waals surface area contributed by atoms with Gasteiger partial charge in [-0.3, -0.25) is 4.57 Å². The van der Waals surface area contributed by atoms with Crippen molar-refractivity contribution in [2.24, 2.45) is 0 Å². The van der Waals surface area contributed by atoms with Crippen LogP contribution >= 0.6 is 0 Å². The minimum absolute atomic E-state index is 0.297. The van der Waals surface area contributed by atoms with Crippen molar-refractivity contribution < 1.29 is 4.39 Å². The van der Waals surface area contributed by atoms with E-state index in [4.69, 9.17) is 0 Å². The van der Waals surface area contributed by atoms with Crippen molar-refractivity contribution in [3.8, 4) is 5.69 Å². The summed E-state index contributed by atoms with van der Waals surface area (Å²) in [5.74, 6) is 1.01. The van der Waals surface area contributed by atoms with Crippen molar-refractivity contribution in [2.45, 2.75) is 0 Å². The van der Waals surface area contributed by atoms with Gasteiger partial charge in [-0.2, -0.15) is 0 Å². The second-order valence-corrected chi connectivity index (χ2v) is 6.63. The largest absolute Gasteiger partial charge is 0.378 e. The van der Waals surface area contributed by atoms with Crippen molar-refractivity contribution in [3.63, 3.8) is 0 Å². The van der Waals surface area contributed by atoms with Crippen LogP contribution in [-0.2, 0) is 0 Å². The van der Waals surface area contributed by atoms with Gasteiger partial charge in [0.05, 0.1) is 17.4 Å². The molecule has 0 amide bonds. The van der Waals surface area contributed by atoms with Crippen molar-refractivity contribution in [1.82, 2.24) is 14.5 Å². The zero-order chi connectivity index (χ0) is 19.7. The second kappa shape index (κ2) is 7.19. The van der Waals surface area contributed by atoms with Crippen LogP contribution in [0.3, 0.4) is 0 Å². The number of hydrogen-bond donors (Lipinski definition) is 2. The van der Waals surface area contributed by atoms with Gasteiger partial charge in [-0.15, -0.1) is 0 Å². The number of anilines is 4. The van der Waals surface area contributed by atoms with Gasteiger partial charge < -0.3 is 15.5 Å². The molecule has 4 rings (SSSR count). The van der Waals surface area contributed by atoms with Crippen molar-refractivity contribution in [2.75, 3.05) is 36.7 Å². The van der Waals surface area contributed by atoms with E-state index in [9.17, 15) is 4.39 Å². The first-order valence-electron chi connectivity index (χ1n) is 8.92. The molecule has 0 atom stereocenters. The van der Waals surface area contributed by atoms with Crippen LogP contribution in [0.15, 0.2) is 60.8 Å². The van der Waals surface area contributed by atoms with E-state index in [1.807, 2.05) is 53.9 Å². The van der Waals surface area contributed by atoms with E-state index in [-0.39, 0.29) is 5.82 Å². The average molecular weight is 376 g/mol. The molecule has 2 aromatic heterocycles. The molecular formula is C21H21FN6. The lowest BCUT2D eigenvalue weighted by molar-refractivity contribution is 0.627. The zero-order valence-corrected chi connectivity index (χ0v) is 15.9. The van der Waals surface area contributed by atoms with Crippen LogP contribution in [-0.4, -0.2) is 35.7 Å². The molecule has 2 heterocycles. The number of halogens is 1. The van der Waals surface area contributed by atoms with Crippen molar-refractivity contribution in [3.05, 3.63) is 66.6 Å². The quantitative estimate of drug-likeness (QED) is 0.540. The fraction of sp³-hybridized carbons (Fsp3) is 0.143. The number of rotatable bonds is 5. The number of hydrogen-bond acceptors (Lipinski definition) is 5. The normalized spacial score (nSPS) is 10.9. The van der Waals surface area contributed by atoms with E-state index in [0.717, 1.165) is 22.4 Å². The third-order valence-electron chi connectivity index (χ3n) is 4.47. The molecule has 0 fully saturated rings. The first-order chi connectivity index (χ1) is 13.5. The Bertz CT molecular complexity index is 1130. The topological polar surface area (TPSA) is 58.0 Å². The third-order valence-corrected chi connectivity index (χ3v) is 4.47. The highest BCUT2D eigenvalue weighted by Gasteiger charge is 2.13. The lowest BCUT2D eigenvalue weighted by Gasteiger charge is -2.14. The highest BCUT2D eigenvalue weighted by Crippen LogP contribution is 2.28. The number of fused-ring (bicyclic) bond motifs is 1. The molecule has 0 bridgehead atoms. The maximum Gasteiger partial charge on any atom is 0.208 e. The smallest absolute Gasteiger partial charge is 0.208 e. The molecule has 142 valence electrons. The summed E-state index contributed by atoms with van der Waals surface area (Å²) in [4.78, 5) is 11.1. The number of aromatic nitrogens is 3. The van der Waals surface area contributed by atoms with Crippen LogP contribution in [0.4, 0.5) is 27.5 Å². The van der Waals surface area contributed by atoms with Gasteiger partial charge in [0.1, 0.15) is 17.2 Å². The first kappa shape index (κ1) is 17.8. The van der Waals surface area contributed by atoms with E-state index >= 15 is 0 Å². The Balaban J connectivity index is 1.78. The Morgan fingerprint density at radius 2 is 1.86 bits per heavy atom. The Labute approximate surface area is 162 Å². The zero-order valence-electron chi connectivity index (χ0n) is 15.9. The van der Waals surface area contributed by atoms with Gasteiger partial charge in [-0.25, -0.2) is 14.4 Å². The number of nitrogens with zero attached hydrogens (tertiary/aromatic N) is 4. The maximum atomic E-state index is 13.8. The molecule has 0 aliphatic heterocycles. The standard InChI is InChI=1S/C21H21FN6/c1-23-21-26-18-13-24-20(25-15-7-5-8-16(11-15)27(2)3)12-19(18)28(21)17-9-4-6-14(22)10-17/h4-13H,1-3H3,(H,23,26)(H,24,25). The number of pyridine rings is 1. The monoisotopic (exact) mass is 376 g/mol. The van der Waals surface area contributed by atoms with Crippen LogP contribution in [0.25, 0.3) is 16.7 Å². The summed E-state index contributed by atoms with van der Waals surface area (Å²) in [6, 6.07) is 16.4. The van der Waals surface area contributed by atoms with Crippen molar-refractivity contribution >= 4 is 34.2 Å². The highest BCUT2D eigenvalue weighted by molar-refractivity contribution is 5.83. The molecule has 0 spiro atoms. The molecule has 0 radical (unpaired) electrons. The van der Waals surface area contributed by atoms with Crippen LogP contribution in [0.5, 0.6) is 0 Å². The maximum absolute atomic E-state index is 13.8. The molecule has 4 aromatic rings. The van der Waals surface area contributed by atoms with Gasteiger partial charge in [0.25, 0.3) is 0 Å². The molecular weight excluding hydrogens is 355 g/mol. The Morgan fingerprint density at radius 1 is 1.04 bits per heavy atom. The van der Waals surface area contributed by atoms with E-state index in [2.05, 4.69) is 26.7 Å². The van der Waals surface area contributed by atoms with E-state index < -0.39 is 0 Å². The fourth-order valence-electron chi connectivity index (χ4n) is 3.10. The van der Waals surface area contributed by atoms with Crippen LogP contribution in [0, 0.1) is 5.82 Å². The molecule has 2 N–H and O–H groups in total. The minimum atomic E-state index is -0.297. The lowest BCUT2D eigenvalue weighted by atomic mass is 10.2. The predicted molar refractivity (Wildman–Crippen MR) is 112 cm³/mol. The van der Waals surface area contributed by atoms with E-state index in [0.29, 0.717) is 17.5 Å². The predicted octanol–water partition coefficient (Wildman–Crippen LogP) is 4.41. The van der Waals surface area contributed by atoms with Crippen molar-refractivity contribution in [1.29, 1.82) is 0 Å². The van der Waals surface area contributed by atoms with Gasteiger partial charge in [0.15, 0.2) is 0 Å². The van der Waals surface area contributed by atoms with Gasteiger partial charge >= 0.3 is 0 Å². The molecule has 0 saturated heterocycles. The SMILES string of the molecule is CNc1nc2cnc(Nc3cccc(N(C)C)c3)cc2n1-c1cccc(F)c1. The molecule has 28 heavy (non-hydrogen) atoms. The molecule has 2 aromatic carbocycles. The summed E-state index contributed by atoms with van der Waals surface area (Å²) >= 11 is 0. The highest BCUT2D eigenvalue weighted by atomic mass is 19.1. The fourth-order valence-corrected chi connectivity index (χ4v) is 3.10. The average Bonchev–Trinajstić information content (AvgIpc) is 3.06. The lowest BCUT2D eigenvalue weighted by Crippen LogP contribution is -2.08. The summed E-state index contributed by atoms with van der Waals surface area (Å²) in [5.41, 5.74) is 4.27. The molecule has 0 aliphatic carbocycles. The van der Waals surface area contributed by atoms with Gasteiger partial charge in [0.2, 0.25) is 5.95 Å². The second-order valence-electron chi connectivity index (χ2n) is 6.63. The Hall–Kier alpha value is -3.61.